The first-order valence-corrected chi connectivity index (χ1v) is 7.05. The lowest BCUT2D eigenvalue weighted by molar-refractivity contribution is -0.127. The molecule has 0 saturated heterocycles. The van der Waals surface area contributed by atoms with Crippen LogP contribution in [-0.2, 0) is 17.8 Å². The number of fused-ring (bicyclic) bond motifs is 1. The van der Waals surface area contributed by atoms with Crippen molar-refractivity contribution in [2.24, 2.45) is 4.99 Å². The second kappa shape index (κ2) is 6.72. The lowest BCUT2D eigenvalue weighted by Crippen LogP contribution is -2.47. The van der Waals surface area contributed by atoms with Crippen LogP contribution >= 0.6 is 0 Å². The van der Waals surface area contributed by atoms with Crippen LogP contribution in [0.2, 0.25) is 0 Å². The van der Waals surface area contributed by atoms with Gasteiger partial charge in [0.25, 0.3) is 0 Å². The van der Waals surface area contributed by atoms with Crippen LogP contribution < -0.4 is 5.32 Å². The quantitative estimate of drug-likeness (QED) is 0.654. The molecule has 120 valence electrons. The van der Waals surface area contributed by atoms with Crippen LogP contribution in [0.5, 0.6) is 0 Å². The molecule has 0 bridgehead atoms. The van der Waals surface area contributed by atoms with Crippen molar-refractivity contribution in [3.8, 4) is 0 Å². The van der Waals surface area contributed by atoms with Crippen molar-refractivity contribution in [3.05, 3.63) is 34.9 Å². The Morgan fingerprint density at radius 1 is 1.41 bits per heavy atom. The van der Waals surface area contributed by atoms with Crippen LogP contribution in [0.4, 0.5) is 8.78 Å². The number of rotatable bonds is 2. The number of guanidine groups is 1. The van der Waals surface area contributed by atoms with E-state index in [9.17, 15) is 13.6 Å². The van der Waals surface area contributed by atoms with Gasteiger partial charge in [0.1, 0.15) is 11.6 Å². The van der Waals surface area contributed by atoms with Gasteiger partial charge >= 0.3 is 0 Å². The fraction of sp³-hybridized carbons (Fsp3) is 0.467. The van der Waals surface area contributed by atoms with Gasteiger partial charge in [-0.3, -0.25) is 9.79 Å². The molecule has 5 nitrogen and oxygen atoms in total. The first-order valence-electron chi connectivity index (χ1n) is 7.05. The molecule has 0 unspecified atom stereocenters. The van der Waals surface area contributed by atoms with E-state index in [1.165, 1.54) is 11.0 Å². The van der Waals surface area contributed by atoms with E-state index in [2.05, 4.69) is 10.3 Å². The van der Waals surface area contributed by atoms with Gasteiger partial charge in [0.15, 0.2) is 5.96 Å². The van der Waals surface area contributed by atoms with Crippen molar-refractivity contribution in [2.75, 3.05) is 34.2 Å². The molecular formula is C15H20F2N4O. The second-order valence-electron chi connectivity index (χ2n) is 5.39. The molecule has 2 rings (SSSR count). The van der Waals surface area contributed by atoms with E-state index < -0.39 is 11.6 Å². The SMILES string of the molecule is CN=C(NCC(=O)N(C)C)N1CCc2c(F)cc(F)cc2C1. The van der Waals surface area contributed by atoms with Gasteiger partial charge in [-0.15, -0.1) is 0 Å². The number of halogens is 2. The lowest BCUT2D eigenvalue weighted by Gasteiger charge is -2.32. The number of carbonyl (C=O) groups is 1. The van der Waals surface area contributed by atoms with Crippen LogP contribution in [0.1, 0.15) is 11.1 Å². The monoisotopic (exact) mass is 310 g/mol. The summed E-state index contributed by atoms with van der Waals surface area (Å²) in [6, 6.07) is 2.26. The maximum atomic E-state index is 13.7. The maximum absolute atomic E-state index is 13.7. The van der Waals surface area contributed by atoms with Gasteiger partial charge in [0.2, 0.25) is 5.91 Å². The molecule has 0 radical (unpaired) electrons. The van der Waals surface area contributed by atoms with Crippen molar-refractivity contribution in [1.29, 1.82) is 0 Å². The number of hydrogen-bond acceptors (Lipinski definition) is 2. The summed E-state index contributed by atoms with van der Waals surface area (Å²) in [7, 11) is 4.97. The van der Waals surface area contributed by atoms with Crippen LogP contribution in [0.3, 0.4) is 0 Å². The van der Waals surface area contributed by atoms with E-state index in [0.717, 1.165) is 6.07 Å². The first kappa shape index (κ1) is 16.2. The minimum atomic E-state index is -0.580. The normalized spacial score (nSPS) is 14.6. The van der Waals surface area contributed by atoms with Gasteiger partial charge in [0.05, 0.1) is 6.54 Å². The van der Waals surface area contributed by atoms with Crippen molar-refractivity contribution in [3.63, 3.8) is 0 Å². The molecular weight excluding hydrogens is 290 g/mol. The van der Waals surface area contributed by atoms with Gasteiger partial charge in [-0.2, -0.15) is 0 Å². The highest BCUT2D eigenvalue weighted by molar-refractivity contribution is 5.86. The Hall–Kier alpha value is -2.18. The molecule has 1 heterocycles. The first-order chi connectivity index (χ1) is 10.4. The highest BCUT2D eigenvalue weighted by Gasteiger charge is 2.22. The molecule has 0 fully saturated rings. The Morgan fingerprint density at radius 2 is 2.14 bits per heavy atom. The predicted molar refractivity (Wildman–Crippen MR) is 80.5 cm³/mol. The molecule has 0 spiro atoms. The smallest absolute Gasteiger partial charge is 0.241 e. The third kappa shape index (κ3) is 3.52. The van der Waals surface area contributed by atoms with Gasteiger partial charge in [-0.25, -0.2) is 8.78 Å². The molecule has 0 aromatic heterocycles. The van der Waals surface area contributed by atoms with E-state index in [0.29, 0.717) is 36.6 Å². The highest BCUT2D eigenvalue weighted by atomic mass is 19.1. The summed E-state index contributed by atoms with van der Waals surface area (Å²) in [4.78, 5) is 19.1. The van der Waals surface area contributed by atoms with Crippen LogP contribution in [0.15, 0.2) is 17.1 Å². The molecule has 7 heteroatoms. The Kier molecular flexibility index (Phi) is 4.95. The van der Waals surface area contributed by atoms with Crippen molar-refractivity contribution in [1.82, 2.24) is 15.1 Å². The molecule has 0 aliphatic carbocycles. The Morgan fingerprint density at radius 3 is 2.77 bits per heavy atom. The summed E-state index contributed by atoms with van der Waals surface area (Å²) in [5.74, 6) is -0.606. The van der Waals surface area contributed by atoms with E-state index >= 15 is 0 Å². The van der Waals surface area contributed by atoms with Crippen LogP contribution in [0, 0.1) is 11.6 Å². The summed E-state index contributed by atoms with van der Waals surface area (Å²) < 4.78 is 27.1. The number of hydrogen-bond donors (Lipinski definition) is 1. The lowest BCUT2D eigenvalue weighted by atomic mass is 9.99. The van der Waals surface area contributed by atoms with E-state index in [4.69, 9.17) is 0 Å². The van der Waals surface area contributed by atoms with Crippen LogP contribution in [-0.4, -0.2) is 55.9 Å². The number of likely N-dealkylation sites (N-methyl/N-ethyl adjacent to an activating group) is 1. The Bertz CT molecular complexity index is 601. The molecule has 22 heavy (non-hydrogen) atoms. The van der Waals surface area contributed by atoms with E-state index in [1.807, 2.05) is 4.90 Å². The van der Waals surface area contributed by atoms with Gasteiger partial charge < -0.3 is 15.1 Å². The average molecular weight is 310 g/mol. The molecule has 1 aromatic carbocycles. The van der Waals surface area contributed by atoms with Crippen molar-refractivity contribution >= 4 is 11.9 Å². The molecule has 1 N–H and O–H groups in total. The van der Waals surface area contributed by atoms with E-state index in [1.54, 1.807) is 21.1 Å². The number of amides is 1. The third-order valence-corrected chi connectivity index (χ3v) is 3.65. The second-order valence-corrected chi connectivity index (χ2v) is 5.39. The zero-order valence-electron chi connectivity index (χ0n) is 13.0. The fourth-order valence-electron chi connectivity index (χ4n) is 2.44. The van der Waals surface area contributed by atoms with Gasteiger partial charge in [-0.05, 0) is 23.6 Å². The minimum absolute atomic E-state index is 0.0735. The Balaban J connectivity index is 2.08. The summed E-state index contributed by atoms with van der Waals surface area (Å²) in [5, 5.41) is 2.98. The number of benzene rings is 1. The molecule has 1 amide bonds. The highest BCUT2D eigenvalue weighted by Crippen LogP contribution is 2.23. The summed E-state index contributed by atoms with van der Waals surface area (Å²) >= 11 is 0. The minimum Gasteiger partial charge on any atom is -0.347 e. The standard InChI is InChI=1S/C15H20F2N4O/c1-18-15(19-8-14(22)20(2)3)21-5-4-12-10(9-21)6-11(16)7-13(12)17/h6-7H,4-5,8-9H2,1-3H3,(H,18,19). The number of nitrogens with zero attached hydrogens (tertiary/aromatic N) is 3. The number of carbonyl (C=O) groups excluding carboxylic acids is 1. The molecule has 1 aliphatic rings. The molecule has 1 aliphatic heterocycles. The molecule has 1 aromatic rings. The Labute approximate surface area is 128 Å². The molecule has 0 atom stereocenters. The maximum Gasteiger partial charge on any atom is 0.241 e. The average Bonchev–Trinajstić information content (AvgIpc) is 2.46. The third-order valence-electron chi connectivity index (χ3n) is 3.65. The van der Waals surface area contributed by atoms with Gasteiger partial charge in [0, 0.05) is 40.3 Å². The predicted octanol–water partition coefficient (Wildman–Crippen LogP) is 0.986. The van der Waals surface area contributed by atoms with Crippen molar-refractivity contribution in [2.45, 2.75) is 13.0 Å². The summed E-state index contributed by atoms with van der Waals surface area (Å²) in [5.41, 5.74) is 1.17. The van der Waals surface area contributed by atoms with E-state index in [-0.39, 0.29) is 12.5 Å². The molecule has 0 saturated carbocycles. The number of aliphatic imine (C=N–C) groups is 1. The summed E-state index contributed by atoms with van der Waals surface area (Å²) in [6.45, 7) is 1.05. The zero-order valence-corrected chi connectivity index (χ0v) is 13.0. The zero-order chi connectivity index (χ0) is 16.3. The van der Waals surface area contributed by atoms with Gasteiger partial charge in [-0.1, -0.05) is 0 Å². The fourth-order valence-corrected chi connectivity index (χ4v) is 2.44. The van der Waals surface area contributed by atoms with Crippen LogP contribution in [0.25, 0.3) is 0 Å². The number of nitrogens with one attached hydrogen (secondary N) is 1. The topological polar surface area (TPSA) is 47.9 Å². The largest absolute Gasteiger partial charge is 0.347 e. The van der Waals surface area contributed by atoms with Crippen molar-refractivity contribution < 1.29 is 13.6 Å². The summed E-state index contributed by atoms with van der Waals surface area (Å²) in [6.07, 6.45) is 0.476.